The van der Waals surface area contributed by atoms with Gasteiger partial charge in [-0.05, 0) is 32.4 Å². The summed E-state index contributed by atoms with van der Waals surface area (Å²) in [6.07, 6.45) is 0. The van der Waals surface area contributed by atoms with Crippen molar-refractivity contribution >= 4 is 11.6 Å². The number of hydrogen-bond acceptors (Lipinski definition) is 3. The number of aliphatic hydroxyl groups excluding tert-OH is 1. The predicted molar refractivity (Wildman–Crippen MR) is 76.4 cm³/mol. The van der Waals surface area contributed by atoms with Gasteiger partial charge >= 0.3 is 0 Å². The predicted octanol–water partition coefficient (Wildman–Crippen LogP) is 1.33. The molecular formula is C15H22N2O2. The van der Waals surface area contributed by atoms with Crippen molar-refractivity contribution in [3.63, 3.8) is 0 Å². The van der Waals surface area contributed by atoms with Crippen molar-refractivity contribution in [1.82, 2.24) is 4.90 Å². The molecule has 1 amide bonds. The first kappa shape index (κ1) is 13.9. The zero-order valence-electron chi connectivity index (χ0n) is 12.1. The van der Waals surface area contributed by atoms with Gasteiger partial charge in [-0.25, -0.2) is 0 Å². The summed E-state index contributed by atoms with van der Waals surface area (Å²) in [7, 11) is 1.79. The Morgan fingerprint density at radius 1 is 1.37 bits per heavy atom. The zero-order chi connectivity index (χ0) is 14.2. The van der Waals surface area contributed by atoms with Crippen LogP contribution in [-0.2, 0) is 4.79 Å². The topological polar surface area (TPSA) is 43.8 Å². The van der Waals surface area contributed by atoms with Gasteiger partial charge in [-0.3, -0.25) is 4.79 Å². The summed E-state index contributed by atoms with van der Waals surface area (Å²) in [5.74, 6) is -0.0134. The van der Waals surface area contributed by atoms with Crippen LogP contribution >= 0.6 is 0 Å². The number of rotatable bonds is 2. The highest BCUT2D eigenvalue weighted by atomic mass is 16.3. The molecule has 1 N–H and O–H groups in total. The molecule has 4 heteroatoms. The number of anilines is 1. The lowest BCUT2D eigenvalue weighted by atomic mass is 10.0. The number of nitrogens with zero attached hydrogens (tertiary/aromatic N) is 2. The van der Waals surface area contributed by atoms with Crippen LogP contribution in [0.1, 0.15) is 18.1 Å². The molecule has 1 aliphatic heterocycles. The first-order valence-corrected chi connectivity index (χ1v) is 6.67. The van der Waals surface area contributed by atoms with E-state index in [2.05, 4.69) is 24.8 Å². The number of hydrogen-bond donors (Lipinski definition) is 1. The van der Waals surface area contributed by atoms with Gasteiger partial charge in [-0.2, -0.15) is 0 Å². The second kappa shape index (κ2) is 5.21. The third-order valence-corrected chi connectivity index (χ3v) is 3.81. The highest BCUT2D eigenvalue weighted by Crippen LogP contribution is 2.28. The van der Waals surface area contributed by atoms with E-state index in [-0.39, 0.29) is 18.6 Å². The van der Waals surface area contributed by atoms with Crippen LogP contribution in [-0.4, -0.2) is 48.2 Å². The molecule has 0 spiro atoms. The van der Waals surface area contributed by atoms with Crippen LogP contribution in [0.2, 0.25) is 0 Å². The second-order valence-corrected chi connectivity index (χ2v) is 5.46. The highest BCUT2D eigenvalue weighted by molar-refractivity contribution is 5.87. The van der Waals surface area contributed by atoms with Crippen molar-refractivity contribution in [2.75, 3.05) is 25.1 Å². The second-order valence-electron chi connectivity index (χ2n) is 5.46. The van der Waals surface area contributed by atoms with Gasteiger partial charge in [-0.15, -0.1) is 0 Å². The van der Waals surface area contributed by atoms with Gasteiger partial charge in [0.05, 0.1) is 6.61 Å². The fraction of sp³-hybridized carbons (Fsp3) is 0.533. The number of piperazine rings is 1. The molecule has 104 valence electrons. The maximum Gasteiger partial charge on any atom is 0.247 e. The molecule has 0 saturated carbocycles. The minimum Gasteiger partial charge on any atom is -0.394 e. The molecule has 4 nitrogen and oxygen atoms in total. The summed E-state index contributed by atoms with van der Waals surface area (Å²) in [4.78, 5) is 15.9. The Kier molecular flexibility index (Phi) is 3.80. The van der Waals surface area contributed by atoms with Gasteiger partial charge < -0.3 is 14.9 Å². The van der Waals surface area contributed by atoms with Gasteiger partial charge in [0.1, 0.15) is 6.04 Å². The lowest BCUT2D eigenvalue weighted by Crippen LogP contribution is -2.61. The van der Waals surface area contributed by atoms with Crippen molar-refractivity contribution in [1.29, 1.82) is 0 Å². The van der Waals surface area contributed by atoms with Crippen LogP contribution in [0.5, 0.6) is 0 Å². The van der Waals surface area contributed by atoms with Crippen LogP contribution < -0.4 is 4.90 Å². The van der Waals surface area contributed by atoms with Gasteiger partial charge in [0.15, 0.2) is 0 Å². The van der Waals surface area contributed by atoms with E-state index in [4.69, 9.17) is 0 Å². The first-order valence-electron chi connectivity index (χ1n) is 6.67. The minimum absolute atomic E-state index is 0.0134. The number of aliphatic hydroxyl groups is 1. The van der Waals surface area contributed by atoms with Crippen molar-refractivity contribution < 1.29 is 9.90 Å². The van der Waals surface area contributed by atoms with E-state index in [1.54, 1.807) is 11.9 Å². The molecule has 1 fully saturated rings. The van der Waals surface area contributed by atoms with Crippen molar-refractivity contribution in [3.8, 4) is 0 Å². The summed E-state index contributed by atoms with van der Waals surface area (Å²) in [5.41, 5.74) is 3.39. The third kappa shape index (κ3) is 2.45. The SMILES string of the molecule is Cc1ccc(N2C(C)CN(C)C(=O)C2CO)c(C)c1. The highest BCUT2D eigenvalue weighted by Gasteiger charge is 2.37. The smallest absolute Gasteiger partial charge is 0.247 e. The lowest BCUT2D eigenvalue weighted by molar-refractivity contribution is -0.134. The molecule has 0 aromatic heterocycles. The molecule has 0 bridgehead atoms. The molecule has 1 aromatic carbocycles. The normalized spacial score (nSPS) is 23.9. The Labute approximate surface area is 114 Å². The van der Waals surface area contributed by atoms with Crippen molar-refractivity contribution in [3.05, 3.63) is 29.3 Å². The lowest BCUT2D eigenvalue weighted by Gasteiger charge is -2.45. The number of benzene rings is 1. The van der Waals surface area contributed by atoms with Crippen molar-refractivity contribution in [2.45, 2.75) is 32.9 Å². The average Bonchev–Trinajstić information content (AvgIpc) is 2.34. The Balaban J connectivity index is 2.42. The minimum atomic E-state index is -0.477. The maximum absolute atomic E-state index is 12.2. The standard InChI is InChI=1S/C15H22N2O2/c1-10-5-6-13(11(2)7-10)17-12(3)8-16(4)15(19)14(17)9-18/h5-7,12,14,18H,8-9H2,1-4H3. The van der Waals surface area contributed by atoms with E-state index in [0.29, 0.717) is 6.54 Å². The monoisotopic (exact) mass is 262 g/mol. The van der Waals surface area contributed by atoms with Crippen molar-refractivity contribution in [2.24, 2.45) is 0 Å². The third-order valence-electron chi connectivity index (χ3n) is 3.81. The van der Waals surface area contributed by atoms with Gasteiger partial charge in [0.25, 0.3) is 0 Å². The molecule has 19 heavy (non-hydrogen) atoms. The van der Waals surface area contributed by atoms with E-state index < -0.39 is 6.04 Å². The number of likely N-dealkylation sites (N-methyl/N-ethyl adjacent to an activating group) is 1. The zero-order valence-corrected chi connectivity index (χ0v) is 12.1. The summed E-state index contributed by atoms with van der Waals surface area (Å²) < 4.78 is 0. The molecule has 0 radical (unpaired) electrons. The average molecular weight is 262 g/mol. The molecule has 0 aliphatic carbocycles. The van der Waals surface area contributed by atoms with E-state index in [1.807, 2.05) is 19.1 Å². The van der Waals surface area contributed by atoms with Crippen LogP contribution in [0, 0.1) is 13.8 Å². The van der Waals surface area contributed by atoms with Crippen LogP contribution in [0.25, 0.3) is 0 Å². The molecule has 2 rings (SSSR count). The van der Waals surface area contributed by atoms with Gasteiger partial charge in [-0.1, -0.05) is 17.7 Å². The van der Waals surface area contributed by atoms with Gasteiger partial charge in [0.2, 0.25) is 5.91 Å². The van der Waals surface area contributed by atoms with E-state index in [0.717, 1.165) is 11.3 Å². The number of amides is 1. The maximum atomic E-state index is 12.2. The largest absolute Gasteiger partial charge is 0.394 e. The summed E-state index contributed by atoms with van der Waals surface area (Å²) in [5, 5.41) is 9.59. The molecule has 1 aromatic rings. The van der Waals surface area contributed by atoms with Crippen LogP contribution in [0.4, 0.5) is 5.69 Å². The Morgan fingerprint density at radius 3 is 2.63 bits per heavy atom. The summed E-state index contributed by atoms with van der Waals surface area (Å²) in [6.45, 7) is 6.72. The van der Waals surface area contributed by atoms with E-state index in [9.17, 15) is 9.90 Å². The number of aryl methyl sites for hydroxylation is 2. The first-order chi connectivity index (χ1) is 8.95. The van der Waals surface area contributed by atoms with E-state index in [1.165, 1.54) is 5.56 Å². The Hall–Kier alpha value is -1.55. The summed E-state index contributed by atoms with van der Waals surface area (Å²) >= 11 is 0. The number of carbonyl (C=O) groups is 1. The number of carbonyl (C=O) groups excluding carboxylic acids is 1. The molecule has 1 saturated heterocycles. The molecular weight excluding hydrogens is 240 g/mol. The Bertz CT molecular complexity index is 487. The molecule has 1 aliphatic rings. The fourth-order valence-electron chi connectivity index (χ4n) is 2.92. The van der Waals surface area contributed by atoms with Gasteiger partial charge in [0, 0.05) is 25.3 Å². The molecule has 2 atom stereocenters. The molecule has 2 unspecified atom stereocenters. The van der Waals surface area contributed by atoms with Crippen LogP contribution in [0.3, 0.4) is 0 Å². The summed E-state index contributed by atoms with van der Waals surface area (Å²) in [6, 6.07) is 5.92. The van der Waals surface area contributed by atoms with E-state index >= 15 is 0 Å². The van der Waals surface area contributed by atoms with Crippen LogP contribution in [0.15, 0.2) is 18.2 Å². The fourth-order valence-corrected chi connectivity index (χ4v) is 2.92. The molecule has 1 heterocycles. The quantitative estimate of drug-likeness (QED) is 0.874. The Morgan fingerprint density at radius 2 is 2.05 bits per heavy atom.